The van der Waals surface area contributed by atoms with Crippen molar-refractivity contribution in [3.63, 3.8) is 0 Å². The largest absolute Gasteiger partial charge is 0.490 e. The molecule has 2 N–H and O–H groups in total. The van der Waals surface area contributed by atoms with Crippen molar-refractivity contribution in [1.29, 1.82) is 0 Å². The summed E-state index contributed by atoms with van der Waals surface area (Å²) in [5.74, 6) is 1.14. The molecule has 0 radical (unpaired) electrons. The van der Waals surface area contributed by atoms with Gasteiger partial charge in [0.2, 0.25) is 0 Å². The van der Waals surface area contributed by atoms with Crippen molar-refractivity contribution >= 4 is 39.1 Å². The van der Waals surface area contributed by atoms with Gasteiger partial charge in [-0.15, -0.1) is 4.36 Å². The third-order valence-electron chi connectivity index (χ3n) is 10.2. The van der Waals surface area contributed by atoms with E-state index in [1.165, 1.54) is 11.1 Å². The Labute approximate surface area is 272 Å². The summed E-state index contributed by atoms with van der Waals surface area (Å²) < 4.78 is 33.2. The summed E-state index contributed by atoms with van der Waals surface area (Å²) in [7, 11) is -1.53. The van der Waals surface area contributed by atoms with Crippen molar-refractivity contribution in [1.82, 2.24) is 10.0 Å². The number of fused-ring (bicyclic) bond motifs is 4. The standard InChI is InChI=1S/C34H45ClN4O5S/c1-3-36-33(41)38-45(42)17-6-4-5-9-30(43-2)27-13-10-25(27)20-39-21-34(16-7-8-23-18-26(35)12-14-28(23)34)22-44-31-15-11-24(19-29(31)39)32(40)37-45/h11-12,14-15,18-19,25,27,30H,3-10,13,16-17,20-22H2,1-2H3,(H2,36,37,38,40,41,42)/t25-,27+,30-,34-,45-/m0/s1. The Balaban J connectivity index is 1.41. The SMILES string of the molecule is CCNC(=O)N[S@@]1(=O)=NC(=O)c2ccc3c(c2)N(C[C@@H]2CC[C@H]2[C@@H](OC)CCCCC1)C[C@@]1(CCCc2cc(Cl)ccc21)CO3. The van der Waals surface area contributed by atoms with E-state index < -0.39 is 21.9 Å². The van der Waals surface area contributed by atoms with Gasteiger partial charge in [-0.2, -0.15) is 0 Å². The smallest absolute Gasteiger partial charge is 0.327 e. The molecule has 2 aliphatic carbocycles. The monoisotopic (exact) mass is 656 g/mol. The van der Waals surface area contributed by atoms with E-state index in [1.54, 1.807) is 13.0 Å². The van der Waals surface area contributed by atoms with Gasteiger partial charge in [-0.1, -0.05) is 30.5 Å². The lowest BCUT2D eigenvalue weighted by molar-refractivity contribution is -0.0220. The minimum Gasteiger partial charge on any atom is -0.490 e. The highest BCUT2D eigenvalue weighted by molar-refractivity contribution is 7.92. The van der Waals surface area contributed by atoms with Crippen LogP contribution < -0.4 is 19.7 Å². The van der Waals surface area contributed by atoms with Gasteiger partial charge >= 0.3 is 6.03 Å². The van der Waals surface area contributed by atoms with Crippen LogP contribution in [0.15, 0.2) is 40.8 Å². The highest BCUT2D eigenvalue weighted by atomic mass is 35.5. The van der Waals surface area contributed by atoms with Crippen LogP contribution >= 0.6 is 11.6 Å². The summed E-state index contributed by atoms with van der Waals surface area (Å²) in [5.41, 5.74) is 3.52. The zero-order valence-electron chi connectivity index (χ0n) is 26.3. The second-order valence-corrected chi connectivity index (χ2v) is 15.6. The molecular weight excluding hydrogens is 612 g/mol. The van der Waals surface area contributed by atoms with Crippen LogP contribution in [0.2, 0.25) is 5.02 Å². The van der Waals surface area contributed by atoms with E-state index in [9.17, 15) is 13.8 Å². The zero-order valence-corrected chi connectivity index (χ0v) is 27.9. The minimum atomic E-state index is -3.34. The Hall–Kier alpha value is -2.82. The molecule has 244 valence electrons. The fourth-order valence-electron chi connectivity index (χ4n) is 7.82. The molecule has 0 aromatic heterocycles. The topological polar surface area (TPSA) is 109 Å². The number of halogens is 1. The molecule has 2 bridgehead atoms. The number of rotatable bonds is 3. The first-order chi connectivity index (χ1) is 21.7. The fraction of sp³-hybridized carbons (Fsp3) is 0.588. The Kier molecular flexibility index (Phi) is 9.64. The van der Waals surface area contributed by atoms with E-state index in [-0.39, 0.29) is 17.3 Å². The number of methoxy groups -OCH3 is 1. The molecule has 1 saturated carbocycles. The van der Waals surface area contributed by atoms with E-state index in [1.807, 2.05) is 25.3 Å². The number of urea groups is 1. The maximum Gasteiger partial charge on any atom is 0.327 e. The number of ether oxygens (including phenoxy) is 2. The molecule has 0 unspecified atom stereocenters. The number of hydrogen-bond donors (Lipinski definition) is 2. The van der Waals surface area contributed by atoms with Gasteiger partial charge in [0.1, 0.15) is 15.7 Å². The van der Waals surface area contributed by atoms with Gasteiger partial charge in [0, 0.05) is 42.7 Å². The van der Waals surface area contributed by atoms with Gasteiger partial charge in [-0.25, -0.2) is 9.00 Å². The molecule has 5 atom stereocenters. The Morgan fingerprint density at radius 2 is 2.02 bits per heavy atom. The van der Waals surface area contributed by atoms with Crippen LogP contribution in [0.5, 0.6) is 5.75 Å². The Morgan fingerprint density at radius 1 is 1.16 bits per heavy atom. The minimum absolute atomic E-state index is 0.103. The first-order valence-electron chi connectivity index (χ1n) is 16.4. The number of aryl methyl sites for hydroxylation is 1. The molecule has 2 aromatic rings. The maximum atomic E-state index is 13.9. The number of nitrogens with zero attached hydrogens (tertiary/aromatic N) is 2. The van der Waals surface area contributed by atoms with Gasteiger partial charge in [0.05, 0.1) is 24.2 Å². The molecule has 2 aromatic carbocycles. The number of hydrogen-bond acceptors (Lipinski definition) is 6. The van der Waals surface area contributed by atoms with E-state index in [0.717, 1.165) is 80.9 Å². The lowest BCUT2D eigenvalue weighted by Crippen LogP contribution is -2.49. The summed E-state index contributed by atoms with van der Waals surface area (Å²) in [4.78, 5) is 28.5. The second-order valence-electron chi connectivity index (χ2n) is 13.1. The molecule has 1 fully saturated rings. The first kappa shape index (κ1) is 32.1. The third-order valence-corrected chi connectivity index (χ3v) is 12.3. The molecule has 6 rings (SSSR count). The summed E-state index contributed by atoms with van der Waals surface area (Å²) in [5, 5.41) is 3.37. The van der Waals surface area contributed by atoms with E-state index in [4.69, 9.17) is 21.1 Å². The average molecular weight is 657 g/mol. The highest BCUT2D eigenvalue weighted by Crippen LogP contribution is 2.47. The Bertz CT molecular complexity index is 1560. The predicted molar refractivity (Wildman–Crippen MR) is 178 cm³/mol. The van der Waals surface area contributed by atoms with Crippen LogP contribution in [0.1, 0.15) is 79.8 Å². The van der Waals surface area contributed by atoms with Gasteiger partial charge in [0.25, 0.3) is 5.91 Å². The van der Waals surface area contributed by atoms with E-state index >= 15 is 0 Å². The molecule has 1 spiro atoms. The molecule has 9 nitrogen and oxygen atoms in total. The summed E-state index contributed by atoms with van der Waals surface area (Å²) in [6.45, 7) is 4.26. The second kappa shape index (κ2) is 13.5. The molecule has 2 aliphatic heterocycles. The van der Waals surface area contributed by atoms with Crippen LogP contribution in [0.25, 0.3) is 0 Å². The van der Waals surface area contributed by atoms with Crippen molar-refractivity contribution in [2.45, 2.75) is 76.2 Å². The number of carbonyl (C=O) groups is 2. The zero-order chi connectivity index (χ0) is 31.6. The van der Waals surface area contributed by atoms with Gasteiger partial charge in [0.15, 0.2) is 0 Å². The lowest BCUT2D eigenvalue weighted by atomic mass is 9.68. The van der Waals surface area contributed by atoms with Crippen molar-refractivity contribution in [2.75, 3.05) is 44.0 Å². The average Bonchev–Trinajstić information content (AvgIpc) is 3.14. The quantitative estimate of drug-likeness (QED) is 0.403. The molecule has 45 heavy (non-hydrogen) atoms. The van der Waals surface area contributed by atoms with Crippen molar-refractivity contribution < 1.29 is 23.3 Å². The molecule has 2 heterocycles. The van der Waals surface area contributed by atoms with Crippen LogP contribution in [-0.4, -0.2) is 61.4 Å². The number of anilines is 1. The fourth-order valence-corrected chi connectivity index (χ4v) is 9.58. The van der Waals surface area contributed by atoms with Crippen LogP contribution in [0, 0.1) is 11.8 Å². The molecule has 11 heteroatoms. The van der Waals surface area contributed by atoms with Crippen molar-refractivity contribution in [3.05, 3.63) is 58.1 Å². The number of nitrogens with one attached hydrogen (secondary N) is 2. The molecule has 3 amide bonds. The van der Waals surface area contributed by atoms with Gasteiger partial charge < -0.3 is 19.7 Å². The summed E-state index contributed by atoms with van der Waals surface area (Å²) >= 11 is 6.43. The predicted octanol–water partition coefficient (Wildman–Crippen LogP) is 6.27. The van der Waals surface area contributed by atoms with Crippen LogP contribution in [0.3, 0.4) is 0 Å². The molecule has 4 aliphatic rings. The van der Waals surface area contributed by atoms with Crippen LogP contribution in [0.4, 0.5) is 10.5 Å². The maximum absolute atomic E-state index is 13.9. The van der Waals surface area contributed by atoms with Gasteiger partial charge in [-0.3, -0.25) is 9.52 Å². The number of benzene rings is 2. The third kappa shape index (κ3) is 6.83. The number of amides is 3. The van der Waals surface area contributed by atoms with Crippen molar-refractivity contribution in [2.24, 2.45) is 16.2 Å². The Morgan fingerprint density at radius 3 is 2.80 bits per heavy atom. The van der Waals surface area contributed by atoms with Crippen LogP contribution in [-0.2, 0) is 26.5 Å². The molecular formula is C34H45ClN4O5S. The molecule has 0 saturated heterocycles. The van der Waals surface area contributed by atoms with Gasteiger partial charge in [-0.05, 0) is 105 Å². The lowest BCUT2D eigenvalue weighted by Gasteiger charge is -2.46. The number of carbonyl (C=O) groups excluding carboxylic acids is 2. The van der Waals surface area contributed by atoms with E-state index in [2.05, 4.69) is 31.4 Å². The normalized spacial score (nSPS) is 30.1. The summed E-state index contributed by atoms with van der Waals surface area (Å²) in [6, 6.07) is 11.0. The highest BCUT2D eigenvalue weighted by Gasteiger charge is 2.44. The first-order valence-corrected chi connectivity index (χ1v) is 18.5. The summed E-state index contributed by atoms with van der Waals surface area (Å²) in [6.07, 6.45) is 8.68. The van der Waals surface area contributed by atoms with Crippen molar-refractivity contribution in [3.8, 4) is 5.75 Å². The van der Waals surface area contributed by atoms with E-state index in [0.29, 0.717) is 37.0 Å².